The molecule has 1 aliphatic heterocycles. The highest BCUT2D eigenvalue weighted by atomic mass is 32.2. The molecule has 0 N–H and O–H groups in total. The van der Waals surface area contributed by atoms with Crippen LogP contribution in [0.5, 0.6) is 0 Å². The number of hydrogen-bond acceptors (Lipinski definition) is 3. The van der Waals surface area contributed by atoms with Gasteiger partial charge in [-0.3, -0.25) is 4.90 Å². The van der Waals surface area contributed by atoms with Crippen molar-refractivity contribution in [1.29, 1.82) is 0 Å². The van der Waals surface area contributed by atoms with Crippen molar-refractivity contribution >= 4 is 9.84 Å². The standard InChI is InChI=1S/C9H19NO2S/c1-3-13(11,12)9(2)10-7-5-4-6-8-10/h9H,3-8H2,1-2H3. The molecule has 0 amide bonds. The minimum Gasteiger partial charge on any atom is -0.288 e. The lowest BCUT2D eigenvalue weighted by molar-refractivity contribution is 0.215. The first-order valence-electron chi connectivity index (χ1n) is 5.03. The van der Waals surface area contributed by atoms with E-state index < -0.39 is 9.84 Å². The molecule has 1 fully saturated rings. The van der Waals surface area contributed by atoms with Gasteiger partial charge >= 0.3 is 0 Å². The second-order valence-electron chi connectivity index (χ2n) is 3.65. The van der Waals surface area contributed by atoms with Gasteiger partial charge in [-0.2, -0.15) is 0 Å². The van der Waals surface area contributed by atoms with Gasteiger partial charge in [0.15, 0.2) is 9.84 Å². The van der Waals surface area contributed by atoms with Crippen LogP contribution in [0.1, 0.15) is 33.1 Å². The Kier molecular flexibility index (Phi) is 3.74. The Morgan fingerprint density at radius 3 is 2.23 bits per heavy atom. The molecule has 1 heterocycles. The summed E-state index contributed by atoms with van der Waals surface area (Å²) in [6, 6.07) is 0. The maximum atomic E-state index is 11.6. The number of rotatable bonds is 3. The molecule has 13 heavy (non-hydrogen) atoms. The predicted octanol–water partition coefficient (Wildman–Crippen LogP) is 1.25. The summed E-state index contributed by atoms with van der Waals surface area (Å²) in [6.45, 7) is 5.42. The quantitative estimate of drug-likeness (QED) is 0.696. The molecular weight excluding hydrogens is 186 g/mol. The lowest BCUT2D eigenvalue weighted by Crippen LogP contribution is -2.42. The van der Waals surface area contributed by atoms with Gasteiger partial charge in [-0.15, -0.1) is 0 Å². The molecule has 0 saturated carbocycles. The van der Waals surface area contributed by atoms with Crippen LogP contribution in [0.2, 0.25) is 0 Å². The van der Waals surface area contributed by atoms with Crippen LogP contribution in [0.3, 0.4) is 0 Å². The zero-order valence-electron chi connectivity index (χ0n) is 8.49. The van der Waals surface area contributed by atoms with E-state index in [2.05, 4.69) is 4.90 Å². The summed E-state index contributed by atoms with van der Waals surface area (Å²) in [5.74, 6) is 0.255. The van der Waals surface area contributed by atoms with Crippen LogP contribution in [0.25, 0.3) is 0 Å². The first kappa shape index (κ1) is 11.0. The molecule has 4 heteroatoms. The molecule has 0 radical (unpaired) electrons. The van der Waals surface area contributed by atoms with E-state index in [0.29, 0.717) is 0 Å². The molecule has 3 nitrogen and oxygen atoms in total. The fraction of sp³-hybridized carbons (Fsp3) is 1.00. The van der Waals surface area contributed by atoms with E-state index in [4.69, 9.17) is 0 Å². The highest BCUT2D eigenvalue weighted by Gasteiger charge is 2.26. The number of hydrogen-bond donors (Lipinski definition) is 0. The Balaban J connectivity index is 2.60. The van der Waals surface area contributed by atoms with Crippen molar-refractivity contribution in [2.45, 2.75) is 38.5 Å². The third-order valence-electron chi connectivity index (χ3n) is 2.83. The maximum absolute atomic E-state index is 11.6. The van der Waals surface area contributed by atoms with Crippen molar-refractivity contribution < 1.29 is 8.42 Å². The van der Waals surface area contributed by atoms with Crippen LogP contribution < -0.4 is 0 Å². The largest absolute Gasteiger partial charge is 0.288 e. The fourth-order valence-electron chi connectivity index (χ4n) is 1.75. The predicted molar refractivity (Wildman–Crippen MR) is 54.3 cm³/mol. The van der Waals surface area contributed by atoms with Crippen LogP contribution >= 0.6 is 0 Å². The van der Waals surface area contributed by atoms with Gasteiger partial charge in [-0.1, -0.05) is 13.3 Å². The zero-order chi connectivity index (χ0) is 9.90. The third-order valence-corrected chi connectivity index (χ3v) is 4.97. The second-order valence-corrected chi connectivity index (χ2v) is 6.23. The Hall–Kier alpha value is -0.0900. The van der Waals surface area contributed by atoms with Gasteiger partial charge in [0, 0.05) is 5.75 Å². The summed E-state index contributed by atoms with van der Waals surface area (Å²) in [7, 11) is -2.87. The molecule has 0 aliphatic carbocycles. The Labute approximate surface area is 81.0 Å². The highest BCUT2D eigenvalue weighted by Crippen LogP contribution is 2.15. The van der Waals surface area contributed by atoms with E-state index in [1.165, 1.54) is 6.42 Å². The van der Waals surface area contributed by atoms with Crippen molar-refractivity contribution in [3.8, 4) is 0 Å². The molecular formula is C9H19NO2S. The van der Waals surface area contributed by atoms with Gasteiger partial charge in [-0.05, 0) is 32.9 Å². The van der Waals surface area contributed by atoms with Crippen molar-refractivity contribution in [3.63, 3.8) is 0 Å². The summed E-state index contributed by atoms with van der Waals surface area (Å²) in [4.78, 5) is 2.09. The molecule has 0 spiro atoms. The molecule has 0 aromatic carbocycles. The van der Waals surface area contributed by atoms with Gasteiger partial charge in [0.1, 0.15) is 5.37 Å². The van der Waals surface area contributed by atoms with Gasteiger partial charge in [-0.25, -0.2) is 8.42 Å². The van der Waals surface area contributed by atoms with Crippen molar-refractivity contribution in [2.24, 2.45) is 0 Å². The van der Waals surface area contributed by atoms with Gasteiger partial charge in [0.25, 0.3) is 0 Å². The third kappa shape index (κ3) is 2.68. The minimum atomic E-state index is -2.87. The van der Waals surface area contributed by atoms with Crippen molar-refractivity contribution in [1.82, 2.24) is 4.90 Å². The van der Waals surface area contributed by atoms with Crippen molar-refractivity contribution in [2.75, 3.05) is 18.8 Å². The number of piperidine rings is 1. The smallest absolute Gasteiger partial charge is 0.165 e. The number of sulfone groups is 1. The molecule has 0 aromatic rings. The summed E-state index contributed by atoms with van der Waals surface area (Å²) < 4.78 is 23.1. The summed E-state index contributed by atoms with van der Waals surface area (Å²) in [5, 5.41) is -0.280. The molecule has 1 saturated heterocycles. The molecule has 78 valence electrons. The van der Waals surface area contributed by atoms with Crippen molar-refractivity contribution in [3.05, 3.63) is 0 Å². The lowest BCUT2D eigenvalue weighted by atomic mass is 10.1. The van der Waals surface area contributed by atoms with Crippen LogP contribution in [-0.2, 0) is 9.84 Å². The van der Waals surface area contributed by atoms with Crippen LogP contribution in [0, 0.1) is 0 Å². The number of likely N-dealkylation sites (tertiary alicyclic amines) is 1. The van der Waals surface area contributed by atoms with Crippen LogP contribution in [0.4, 0.5) is 0 Å². The summed E-state index contributed by atoms with van der Waals surface area (Å²) in [6.07, 6.45) is 3.53. The van der Waals surface area contributed by atoms with Crippen LogP contribution in [-0.4, -0.2) is 37.5 Å². The van der Waals surface area contributed by atoms with Gasteiger partial charge in [0.05, 0.1) is 0 Å². The average Bonchev–Trinajstić information content (AvgIpc) is 2.18. The van der Waals surface area contributed by atoms with Gasteiger partial charge in [0.2, 0.25) is 0 Å². The average molecular weight is 205 g/mol. The highest BCUT2D eigenvalue weighted by molar-refractivity contribution is 7.91. The number of nitrogens with zero attached hydrogens (tertiary/aromatic N) is 1. The van der Waals surface area contributed by atoms with E-state index in [0.717, 1.165) is 25.9 Å². The summed E-state index contributed by atoms with van der Waals surface area (Å²) >= 11 is 0. The Morgan fingerprint density at radius 2 is 1.77 bits per heavy atom. The second kappa shape index (κ2) is 4.42. The summed E-state index contributed by atoms with van der Waals surface area (Å²) in [5.41, 5.74) is 0. The van der Waals surface area contributed by atoms with E-state index in [1.807, 2.05) is 6.92 Å². The Morgan fingerprint density at radius 1 is 1.23 bits per heavy atom. The molecule has 1 unspecified atom stereocenters. The first-order chi connectivity index (χ1) is 6.08. The Bertz CT molecular complexity index is 242. The molecule has 0 bridgehead atoms. The zero-order valence-corrected chi connectivity index (χ0v) is 9.31. The SMILES string of the molecule is CCS(=O)(=O)C(C)N1CCCCC1. The monoisotopic (exact) mass is 205 g/mol. The van der Waals surface area contributed by atoms with E-state index in [9.17, 15) is 8.42 Å². The lowest BCUT2D eigenvalue weighted by Gasteiger charge is -2.31. The molecule has 1 aliphatic rings. The van der Waals surface area contributed by atoms with E-state index >= 15 is 0 Å². The molecule has 0 aromatic heterocycles. The topological polar surface area (TPSA) is 37.4 Å². The van der Waals surface area contributed by atoms with Crippen LogP contribution in [0.15, 0.2) is 0 Å². The minimum absolute atomic E-state index is 0.255. The molecule has 1 rings (SSSR count). The van der Waals surface area contributed by atoms with E-state index in [-0.39, 0.29) is 11.1 Å². The van der Waals surface area contributed by atoms with E-state index in [1.54, 1.807) is 6.92 Å². The van der Waals surface area contributed by atoms with Gasteiger partial charge < -0.3 is 0 Å². The fourth-order valence-corrected chi connectivity index (χ4v) is 2.90. The normalized spacial score (nSPS) is 22.9. The maximum Gasteiger partial charge on any atom is 0.165 e. The molecule has 1 atom stereocenters. The first-order valence-corrected chi connectivity index (χ1v) is 6.75.